The van der Waals surface area contributed by atoms with E-state index < -0.39 is 0 Å². The molecule has 1 fully saturated rings. The average Bonchev–Trinajstić information content (AvgIpc) is 3.01. The van der Waals surface area contributed by atoms with Gasteiger partial charge in [-0.3, -0.25) is 9.80 Å². The molecule has 2 aromatic carbocycles. The van der Waals surface area contributed by atoms with E-state index in [0.717, 1.165) is 56.1 Å². The van der Waals surface area contributed by atoms with Gasteiger partial charge in [0.1, 0.15) is 5.82 Å². The minimum Gasteiger partial charge on any atom is -0.341 e. The average molecular weight is 320 g/mol. The van der Waals surface area contributed by atoms with Crippen LogP contribution in [0.5, 0.6) is 0 Å². The van der Waals surface area contributed by atoms with Crippen LogP contribution in [-0.4, -0.2) is 45.9 Å². The zero-order valence-corrected chi connectivity index (χ0v) is 14.2. The molecule has 24 heavy (non-hydrogen) atoms. The van der Waals surface area contributed by atoms with Crippen molar-refractivity contribution in [2.75, 3.05) is 26.2 Å². The number of nitrogens with one attached hydrogen (secondary N) is 1. The molecule has 0 atom stereocenters. The summed E-state index contributed by atoms with van der Waals surface area (Å²) in [5, 5.41) is 0. The highest BCUT2D eigenvalue weighted by Gasteiger charge is 2.18. The van der Waals surface area contributed by atoms with E-state index in [4.69, 9.17) is 4.98 Å². The molecule has 1 aromatic heterocycles. The summed E-state index contributed by atoms with van der Waals surface area (Å²) in [6.45, 7) is 8.61. The molecule has 3 aromatic rings. The van der Waals surface area contributed by atoms with Gasteiger partial charge < -0.3 is 4.98 Å². The van der Waals surface area contributed by atoms with Gasteiger partial charge in [-0.2, -0.15) is 0 Å². The van der Waals surface area contributed by atoms with Gasteiger partial charge in [-0.1, -0.05) is 36.4 Å². The van der Waals surface area contributed by atoms with Crippen molar-refractivity contribution in [2.45, 2.75) is 20.0 Å². The van der Waals surface area contributed by atoms with E-state index in [-0.39, 0.29) is 0 Å². The van der Waals surface area contributed by atoms with Crippen LogP contribution in [0.2, 0.25) is 0 Å². The SMILES string of the molecule is Cc1ccccc1CN1CCN(Cc2nc3ccccc3[nH]2)CC1. The summed E-state index contributed by atoms with van der Waals surface area (Å²) < 4.78 is 0. The lowest BCUT2D eigenvalue weighted by Gasteiger charge is -2.34. The second-order valence-corrected chi connectivity index (χ2v) is 6.68. The predicted octanol–water partition coefficient (Wildman–Crippen LogP) is 3.19. The Balaban J connectivity index is 1.33. The number of hydrogen-bond donors (Lipinski definition) is 1. The third-order valence-corrected chi connectivity index (χ3v) is 4.93. The van der Waals surface area contributed by atoms with Gasteiger partial charge in [0.15, 0.2) is 0 Å². The third-order valence-electron chi connectivity index (χ3n) is 4.93. The van der Waals surface area contributed by atoms with E-state index in [0.29, 0.717) is 0 Å². The summed E-state index contributed by atoms with van der Waals surface area (Å²) in [6.07, 6.45) is 0. The Labute approximate surface area is 143 Å². The van der Waals surface area contributed by atoms with Crippen molar-refractivity contribution in [1.29, 1.82) is 0 Å². The summed E-state index contributed by atoms with van der Waals surface area (Å²) in [5.74, 6) is 1.07. The number of rotatable bonds is 4. The lowest BCUT2D eigenvalue weighted by atomic mass is 10.1. The second-order valence-electron chi connectivity index (χ2n) is 6.68. The smallest absolute Gasteiger partial charge is 0.121 e. The Hall–Kier alpha value is -2.17. The molecule has 1 N–H and O–H groups in total. The molecule has 0 bridgehead atoms. The van der Waals surface area contributed by atoms with Crippen molar-refractivity contribution >= 4 is 11.0 Å². The summed E-state index contributed by atoms with van der Waals surface area (Å²) in [5.41, 5.74) is 5.03. The fraction of sp³-hybridized carbons (Fsp3) is 0.350. The molecule has 4 nitrogen and oxygen atoms in total. The molecule has 0 unspecified atom stereocenters. The van der Waals surface area contributed by atoms with E-state index in [9.17, 15) is 0 Å². The van der Waals surface area contributed by atoms with Crippen LogP contribution >= 0.6 is 0 Å². The number of aromatic nitrogens is 2. The molecule has 2 heterocycles. The number of hydrogen-bond acceptors (Lipinski definition) is 3. The number of aromatic amines is 1. The summed E-state index contributed by atoms with van der Waals surface area (Å²) in [7, 11) is 0. The Morgan fingerprint density at radius 3 is 2.29 bits per heavy atom. The molecule has 4 heteroatoms. The monoisotopic (exact) mass is 320 g/mol. The van der Waals surface area contributed by atoms with Gasteiger partial charge in [-0.05, 0) is 30.2 Å². The number of H-pyrrole nitrogens is 1. The molecule has 1 aliphatic heterocycles. The number of piperazine rings is 1. The maximum absolute atomic E-state index is 4.69. The predicted molar refractivity (Wildman–Crippen MR) is 97.8 cm³/mol. The molecule has 0 spiro atoms. The first-order valence-electron chi connectivity index (χ1n) is 8.71. The van der Waals surface area contributed by atoms with Crippen molar-refractivity contribution in [2.24, 2.45) is 0 Å². The molecule has 0 saturated carbocycles. The molecule has 4 rings (SSSR count). The minimum atomic E-state index is 0.910. The van der Waals surface area contributed by atoms with Crippen LogP contribution in [0, 0.1) is 6.92 Å². The van der Waals surface area contributed by atoms with Crippen molar-refractivity contribution < 1.29 is 0 Å². The van der Waals surface area contributed by atoms with Gasteiger partial charge in [0, 0.05) is 32.7 Å². The van der Waals surface area contributed by atoms with Gasteiger partial charge in [0.25, 0.3) is 0 Å². The van der Waals surface area contributed by atoms with E-state index >= 15 is 0 Å². The van der Waals surface area contributed by atoms with Gasteiger partial charge in [-0.15, -0.1) is 0 Å². The van der Waals surface area contributed by atoms with Crippen molar-refractivity contribution in [1.82, 2.24) is 19.8 Å². The van der Waals surface area contributed by atoms with Crippen LogP contribution in [0.1, 0.15) is 17.0 Å². The zero-order valence-electron chi connectivity index (χ0n) is 14.2. The van der Waals surface area contributed by atoms with Crippen LogP contribution in [0.3, 0.4) is 0 Å². The van der Waals surface area contributed by atoms with Crippen LogP contribution in [-0.2, 0) is 13.1 Å². The van der Waals surface area contributed by atoms with Crippen LogP contribution in [0.15, 0.2) is 48.5 Å². The highest BCUT2D eigenvalue weighted by Crippen LogP contribution is 2.15. The molecule has 0 amide bonds. The molecule has 0 aliphatic carbocycles. The minimum absolute atomic E-state index is 0.910. The first-order valence-corrected chi connectivity index (χ1v) is 8.71. The highest BCUT2D eigenvalue weighted by molar-refractivity contribution is 5.74. The Morgan fingerprint density at radius 1 is 0.875 bits per heavy atom. The Bertz CT molecular complexity index is 782. The Kier molecular flexibility index (Phi) is 4.32. The van der Waals surface area contributed by atoms with E-state index in [1.165, 1.54) is 11.1 Å². The molecule has 1 aliphatic rings. The van der Waals surface area contributed by atoms with E-state index in [1.807, 2.05) is 6.07 Å². The van der Waals surface area contributed by atoms with Gasteiger partial charge in [-0.25, -0.2) is 4.98 Å². The van der Waals surface area contributed by atoms with Crippen LogP contribution < -0.4 is 0 Å². The first kappa shape index (κ1) is 15.4. The zero-order chi connectivity index (χ0) is 16.4. The fourth-order valence-electron chi connectivity index (χ4n) is 3.43. The summed E-state index contributed by atoms with van der Waals surface area (Å²) in [4.78, 5) is 13.2. The molecule has 0 radical (unpaired) electrons. The third kappa shape index (κ3) is 3.35. The quantitative estimate of drug-likeness (QED) is 0.802. The van der Waals surface area contributed by atoms with Gasteiger partial charge in [0.05, 0.1) is 17.6 Å². The lowest BCUT2D eigenvalue weighted by molar-refractivity contribution is 0.120. The molecular formula is C20H24N4. The lowest BCUT2D eigenvalue weighted by Crippen LogP contribution is -2.45. The topological polar surface area (TPSA) is 35.2 Å². The van der Waals surface area contributed by atoms with Gasteiger partial charge >= 0.3 is 0 Å². The van der Waals surface area contributed by atoms with E-state index in [1.54, 1.807) is 0 Å². The standard InChI is InChI=1S/C20H24N4/c1-16-6-2-3-7-17(16)14-23-10-12-24(13-11-23)15-20-21-18-8-4-5-9-19(18)22-20/h2-9H,10-15H2,1H3,(H,21,22). The second kappa shape index (κ2) is 6.75. The highest BCUT2D eigenvalue weighted by atomic mass is 15.3. The van der Waals surface area contributed by atoms with Crippen LogP contribution in [0.4, 0.5) is 0 Å². The normalized spacial score (nSPS) is 16.7. The number of aryl methyl sites for hydroxylation is 1. The number of para-hydroxylation sites is 2. The first-order chi connectivity index (χ1) is 11.8. The van der Waals surface area contributed by atoms with Crippen molar-refractivity contribution in [3.8, 4) is 0 Å². The maximum atomic E-state index is 4.69. The Morgan fingerprint density at radius 2 is 1.54 bits per heavy atom. The number of nitrogens with zero attached hydrogens (tertiary/aromatic N) is 3. The maximum Gasteiger partial charge on any atom is 0.121 e. The van der Waals surface area contributed by atoms with Crippen molar-refractivity contribution in [3.05, 3.63) is 65.5 Å². The number of benzene rings is 2. The van der Waals surface area contributed by atoms with E-state index in [2.05, 4.69) is 64.2 Å². The summed E-state index contributed by atoms with van der Waals surface area (Å²) in [6, 6.07) is 16.9. The van der Waals surface area contributed by atoms with Crippen LogP contribution in [0.25, 0.3) is 11.0 Å². The van der Waals surface area contributed by atoms with Crippen molar-refractivity contribution in [3.63, 3.8) is 0 Å². The number of fused-ring (bicyclic) bond motifs is 1. The number of imidazole rings is 1. The molecule has 124 valence electrons. The van der Waals surface area contributed by atoms with Gasteiger partial charge in [0.2, 0.25) is 0 Å². The molecular weight excluding hydrogens is 296 g/mol. The molecule has 1 saturated heterocycles. The fourth-order valence-corrected chi connectivity index (χ4v) is 3.43. The summed E-state index contributed by atoms with van der Waals surface area (Å²) >= 11 is 0. The largest absolute Gasteiger partial charge is 0.341 e.